The average Bonchev–Trinajstić information content (AvgIpc) is 3.51. The second kappa shape index (κ2) is 11.8. The highest BCUT2D eigenvalue weighted by molar-refractivity contribution is 6.38. The van der Waals surface area contributed by atoms with Gasteiger partial charge in [-0.2, -0.15) is 0 Å². The summed E-state index contributed by atoms with van der Waals surface area (Å²) < 4.78 is 0. The fourth-order valence-electron chi connectivity index (χ4n) is 6.54. The van der Waals surface area contributed by atoms with E-state index in [-0.39, 0.29) is 18.2 Å². The van der Waals surface area contributed by atoms with Crippen LogP contribution in [0.4, 0.5) is 0 Å². The standard InChI is InChI=1S/C31H36N4O6/c32-27(37)26(36)24(17-19-14-15-33-28(19)38)34-29(39)25(16-18-8-2-1-3-9-18)35-30(40)31(41)22-12-6-4-10-20(22)21-11-5-7-13-23(21)31/h4-7,10-13,18-19,24-25,41H,1-3,8-9,14-17H2,(H2,32,37)(H,33,38)(H,34,39)(H,35,40)/t19-,24-,25-/m0/s1. The molecule has 0 spiro atoms. The van der Waals surface area contributed by atoms with E-state index in [0.29, 0.717) is 30.5 Å². The van der Waals surface area contributed by atoms with Crippen molar-refractivity contribution >= 4 is 29.4 Å². The fourth-order valence-corrected chi connectivity index (χ4v) is 6.54. The van der Waals surface area contributed by atoms with Crippen molar-refractivity contribution in [2.45, 2.75) is 69.1 Å². The zero-order valence-electron chi connectivity index (χ0n) is 22.9. The Morgan fingerprint density at radius 3 is 2.05 bits per heavy atom. The van der Waals surface area contributed by atoms with Crippen LogP contribution in [0.1, 0.15) is 62.5 Å². The van der Waals surface area contributed by atoms with Crippen LogP contribution in [0, 0.1) is 11.8 Å². The van der Waals surface area contributed by atoms with Crippen molar-refractivity contribution in [1.29, 1.82) is 0 Å². The van der Waals surface area contributed by atoms with Crippen LogP contribution in [0.15, 0.2) is 48.5 Å². The number of rotatable bonds is 10. The third kappa shape index (κ3) is 5.61. The molecule has 0 aromatic heterocycles. The lowest BCUT2D eigenvalue weighted by Gasteiger charge is -2.31. The Bertz CT molecular complexity index is 1320. The van der Waals surface area contributed by atoms with Crippen molar-refractivity contribution in [3.05, 3.63) is 59.7 Å². The van der Waals surface area contributed by atoms with Crippen LogP contribution in [0.3, 0.4) is 0 Å². The summed E-state index contributed by atoms with van der Waals surface area (Å²) in [6, 6.07) is 11.8. The maximum absolute atomic E-state index is 14.0. The molecule has 2 aromatic carbocycles. The van der Waals surface area contributed by atoms with Crippen LogP contribution in [0.5, 0.6) is 0 Å². The molecule has 5 rings (SSSR count). The molecule has 41 heavy (non-hydrogen) atoms. The zero-order valence-corrected chi connectivity index (χ0v) is 22.9. The van der Waals surface area contributed by atoms with E-state index >= 15 is 0 Å². The molecule has 10 nitrogen and oxygen atoms in total. The summed E-state index contributed by atoms with van der Waals surface area (Å²) in [4.78, 5) is 64.4. The van der Waals surface area contributed by atoms with Gasteiger partial charge in [0.05, 0.1) is 6.04 Å². The van der Waals surface area contributed by atoms with Crippen LogP contribution >= 0.6 is 0 Å². The molecule has 10 heteroatoms. The first-order chi connectivity index (χ1) is 19.7. The van der Waals surface area contributed by atoms with Crippen molar-refractivity contribution in [1.82, 2.24) is 16.0 Å². The number of carbonyl (C=O) groups is 5. The Kier molecular flexibility index (Phi) is 8.21. The van der Waals surface area contributed by atoms with Gasteiger partial charge in [-0.3, -0.25) is 24.0 Å². The van der Waals surface area contributed by atoms with E-state index in [1.54, 1.807) is 24.3 Å². The van der Waals surface area contributed by atoms with Gasteiger partial charge in [-0.1, -0.05) is 80.6 Å². The summed E-state index contributed by atoms with van der Waals surface area (Å²) in [5.74, 6) is -4.28. The van der Waals surface area contributed by atoms with Gasteiger partial charge < -0.3 is 26.8 Å². The third-order valence-electron chi connectivity index (χ3n) is 8.73. The first kappa shape index (κ1) is 28.5. The summed E-state index contributed by atoms with van der Waals surface area (Å²) in [5, 5.41) is 20.1. The fraction of sp³-hybridized carbons (Fsp3) is 0.452. The van der Waals surface area contributed by atoms with Crippen LogP contribution in [0.25, 0.3) is 11.1 Å². The molecule has 3 aliphatic rings. The number of benzene rings is 2. The molecule has 3 atom stereocenters. The van der Waals surface area contributed by atoms with Crippen LogP contribution < -0.4 is 21.7 Å². The van der Waals surface area contributed by atoms with Gasteiger partial charge in [0.1, 0.15) is 6.04 Å². The number of ketones is 1. The predicted molar refractivity (Wildman–Crippen MR) is 150 cm³/mol. The maximum Gasteiger partial charge on any atom is 0.287 e. The smallest absolute Gasteiger partial charge is 0.287 e. The largest absolute Gasteiger partial charge is 0.372 e. The number of amides is 4. The Morgan fingerprint density at radius 1 is 0.878 bits per heavy atom. The van der Waals surface area contributed by atoms with Gasteiger partial charge in [0, 0.05) is 23.6 Å². The maximum atomic E-state index is 14.0. The number of hydrogen-bond acceptors (Lipinski definition) is 6. The molecule has 6 N–H and O–H groups in total. The molecule has 0 bridgehead atoms. The molecule has 0 radical (unpaired) electrons. The van der Waals surface area contributed by atoms with Gasteiger partial charge in [-0.25, -0.2) is 0 Å². The normalized spacial score (nSPS) is 20.7. The summed E-state index contributed by atoms with van der Waals surface area (Å²) >= 11 is 0. The number of nitrogens with one attached hydrogen (secondary N) is 3. The topological polar surface area (TPSA) is 168 Å². The number of primary amides is 1. The van der Waals surface area contributed by atoms with Crippen LogP contribution in [-0.2, 0) is 29.6 Å². The minimum atomic E-state index is -2.03. The van der Waals surface area contributed by atoms with Gasteiger partial charge >= 0.3 is 0 Å². The number of aliphatic hydroxyl groups is 1. The lowest BCUT2D eigenvalue weighted by Crippen LogP contribution is -2.57. The molecule has 4 amide bonds. The zero-order chi connectivity index (χ0) is 29.1. The van der Waals surface area contributed by atoms with E-state index in [1.165, 1.54) is 0 Å². The molecule has 2 aliphatic carbocycles. The van der Waals surface area contributed by atoms with E-state index < -0.39 is 47.1 Å². The SMILES string of the molecule is NC(=O)C(=O)[C@H](C[C@@H]1CCNC1=O)NC(=O)[C@H](CC1CCCCC1)NC(=O)C1(O)c2ccccc2-c2ccccc21. The second-order valence-corrected chi connectivity index (χ2v) is 11.4. The minimum Gasteiger partial charge on any atom is -0.372 e. The van der Waals surface area contributed by atoms with Gasteiger partial charge in [-0.15, -0.1) is 0 Å². The lowest BCUT2D eigenvalue weighted by atomic mass is 9.84. The average molecular weight is 561 g/mol. The summed E-state index contributed by atoms with van der Waals surface area (Å²) in [7, 11) is 0. The molecule has 216 valence electrons. The van der Waals surface area contributed by atoms with Crippen LogP contribution in [-0.4, -0.2) is 53.1 Å². The summed E-state index contributed by atoms with van der Waals surface area (Å²) in [6.07, 6.45) is 5.60. The lowest BCUT2D eigenvalue weighted by molar-refractivity contribution is -0.141. The Hall–Kier alpha value is -4.05. The van der Waals surface area contributed by atoms with Gasteiger partial charge in [0.25, 0.3) is 11.8 Å². The van der Waals surface area contributed by atoms with Crippen molar-refractivity contribution in [2.24, 2.45) is 17.6 Å². The van der Waals surface area contributed by atoms with E-state index in [0.717, 1.165) is 43.2 Å². The van der Waals surface area contributed by atoms with E-state index in [4.69, 9.17) is 5.73 Å². The molecule has 2 aromatic rings. The van der Waals surface area contributed by atoms with Crippen molar-refractivity contribution < 1.29 is 29.1 Å². The number of hydrogen-bond donors (Lipinski definition) is 5. The van der Waals surface area contributed by atoms with Crippen molar-refractivity contribution in [3.8, 4) is 11.1 Å². The van der Waals surface area contributed by atoms with Crippen molar-refractivity contribution in [3.63, 3.8) is 0 Å². The number of carbonyl (C=O) groups excluding carboxylic acids is 5. The highest BCUT2D eigenvalue weighted by Crippen LogP contribution is 2.47. The third-order valence-corrected chi connectivity index (χ3v) is 8.73. The van der Waals surface area contributed by atoms with Gasteiger partial charge in [-0.05, 0) is 36.3 Å². The van der Waals surface area contributed by atoms with Gasteiger partial charge in [0.15, 0.2) is 5.60 Å². The molecule has 0 unspecified atom stereocenters. The molecule has 1 saturated carbocycles. The minimum absolute atomic E-state index is 0.0753. The summed E-state index contributed by atoms with van der Waals surface area (Å²) in [5.41, 5.74) is 5.56. The number of nitrogens with two attached hydrogens (primary N) is 1. The highest BCUT2D eigenvalue weighted by Gasteiger charge is 2.49. The van der Waals surface area contributed by atoms with E-state index in [1.807, 2.05) is 24.3 Å². The molecule has 2 fully saturated rings. The molecule has 1 saturated heterocycles. The molecule has 1 heterocycles. The Morgan fingerprint density at radius 2 is 1.49 bits per heavy atom. The monoisotopic (exact) mass is 560 g/mol. The number of Topliss-reactive ketones (excluding diaryl/α,β-unsaturated/α-hetero) is 1. The quantitative estimate of drug-likeness (QED) is 0.276. The molecular weight excluding hydrogens is 524 g/mol. The predicted octanol–water partition coefficient (Wildman–Crippen LogP) is 1.42. The Labute approximate surface area is 238 Å². The van der Waals surface area contributed by atoms with E-state index in [2.05, 4.69) is 16.0 Å². The first-order valence-corrected chi connectivity index (χ1v) is 14.3. The molecular formula is C31H36N4O6. The number of fused-ring (bicyclic) bond motifs is 3. The highest BCUT2D eigenvalue weighted by atomic mass is 16.3. The Balaban J connectivity index is 1.42. The van der Waals surface area contributed by atoms with Crippen LogP contribution in [0.2, 0.25) is 0 Å². The van der Waals surface area contributed by atoms with E-state index in [9.17, 15) is 29.1 Å². The molecule has 1 aliphatic heterocycles. The second-order valence-electron chi connectivity index (χ2n) is 11.4. The first-order valence-electron chi connectivity index (χ1n) is 14.3. The summed E-state index contributed by atoms with van der Waals surface area (Å²) in [6.45, 7) is 0.441. The van der Waals surface area contributed by atoms with Gasteiger partial charge in [0.2, 0.25) is 17.6 Å². The van der Waals surface area contributed by atoms with Crippen molar-refractivity contribution in [2.75, 3.05) is 6.54 Å².